The van der Waals surface area contributed by atoms with Crippen LogP contribution in [0.5, 0.6) is 0 Å². The van der Waals surface area contributed by atoms with Crippen LogP contribution in [0.1, 0.15) is 53.4 Å². The van der Waals surface area contributed by atoms with Crippen LogP contribution < -0.4 is 15.5 Å². The van der Waals surface area contributed by atoms with Gasteiger partial charge in [-0.3, -0.25) is 9.69 Å². The third-order valence-corrected chi connectivity index (χ3v) is 11.6. The van der Waals surface area contributed by atoms with Gasteiger partial charge in [-0.1, -0.05) is 55.3 Å². The van der Waals surface area contributed by atoms with Gasteiger partial charge in [0.1, 0.15) is 5.00 Å². The number of anilines is 3. The molecule has 2 heterocycles. The standard InChI is InChI=1S/C34H35N3O4S3/c1-21(31(38)36-32-30(33(39)41-2)24-14-5-3-4-6-17-27(24)44-32)42-23-13-11-12-22(20-23)35-34(40)37-25-15-7-9-18-28(25)43-29-19-10-8-16-26(29)37/h7-13,15-16,18-21,25,28H,3-6,14,17H2,1-2H3,(H,35,40)(H,36,38). The monoisotopic (exact) mass is 645 g/mol. The molecule has 0 bridgehead atoms. The lowest BCUT2D eigenvalue weighted by molar-refractivity contribution is -0.115. The second kappa shape index (κ2) is 13.7. The number of esters is 1. The average Bonchev–Trinajstić information content (AvgIpc) is 3.34. The summed E-state index contributed by atoms with van der Waals surface area (Å²) in [5.74, 6) is -0.586. The first-order valence-corrected chi connectivity index (χ1v) is 17.5. The van der Waals surface area contributed by atoms with Gasteiger partial charge in [0.2, 0.25) is 5.91 Å². The van der Waals surface area contributed by atoms with E-state index < -0.39 is 11.2 Å². The van der Waals surface area contributed by atoms with E-state index >= 15 is 0 Å². The zero-order valence-electron chi connectivity index (χ0n) is 24.7. The van der Waals surface area contributed by atoms with Crippen molar-refractivity contribution in [2.24, 2.45) is 0 Å². The molecular weight excluding hydrogens is 611 g/mol. The van der Waals surface area contributed by atoms with E-state index in [9.17, 15) is 14.4 Å². The summed E-state index contributed by atoms with van der Waals surface area (Å²) in [5.41, 5.74) is 3.08. The van der Waals surface area contributed by atoms with Gasteiger partial charge in [-0.25, -0.2) is 9.59 Å². The second-order valence-corrected chi connectivity index (χ2v) is 14.7. The van der Waals surface area contributed by atoms with Crippen LogP contribution in [0.15, 0.2) is 82.6 Å². The normalized spacial score (nSPS) is 19.5. The van der Waals surface area contributed by atoms with Crippen LogP contribution >= 0.6 is 34.9 Å². The van der Waals surface area contributed by atoms with E-state index in [1.165, 1.54) is 41.5 Å². The number of hydrogen-bond donors (Lipinski definition) is 2. The zero-order chi connectivity index (χ0) is 30.6. The molecule has 3 aromatic rings. The predicted octanol–water partition coefficient (Wildman–Crippen LogP) is 8.32. The molecule has 3 aliphatic rings. The van der Waals surface area contributed by atoms with Crippen molar-refractivity contribution < 1.29 is 19.1 Å². The number of benzene rings is 2. The van der Waals surface area contributed by atoms with Crippen LogP contribution in [-0.4, -0.2) is 41.6 Å². The summed E-state index contributed by atoms with van der Waals surface area (Å²) in [6.07, 6.45) is 14.4. The highest BCUT2D eigenvalue weighted by Gasteiger charge is 2.36. The average molecular weight is 646 g/mol. The summed E-state index contributed by atoms with van der Waals surface area (Å²) in [6, 6.07) is 15.2. The number of thiophene rings is 1. The van der Waals surface area contributed by atoms with E-state index in [-0.39, 0.29) is 23.2 Å². The van der Waals surface area contributed by atoms with Gasteiger partial charge in [0, 0.05) is 20.4 Å². The number of para-hydroxylation sites is 1. The molecule has 1 aliphatic heterocycles. The summed E-state index contributed by atoms with van der Waals surface area (Å²) in [4.78, 5) is 44.8. The SMILES string of the molecule is COC(=O)c1c(NC(=O)C(C)Sc2cccc(NC(=O)N3c4ccccc4SC4C=CC=CC43)c2)sc2c1CCCCCC2. The maximum Gasteiger partial charge on any atom is 0.341 e. The molecule has 2 aliphatic carbocycles. The maximum atomic E-state index is 13.7. The van der Waals surface area contributed by atoms with Crippen LogP contribution in [0, 0.1) is 0 Å². The third kappa shape index (κ3) is 6.48. The summed E-state index contributed by atoms with van der Waals surface area (Å²) in [7, 11) is 1.38. The van der Waals surface area contributed by atoms with Crippen molar-refractivity contribution >= 4 is 69.1 Å². The van der Waals surface area contributed by atoms with Gasteiger partial charge in [0.25, 0.3) is 0 Å². The number of allylic oxidation sites excluding steroid dienone is 2. The molecule has 0 saturated carbocycles. The first kappa shape index (κ1) is 30.6. The molecule has 2 aromatic carbocycles. The lowest BCUT2D eigenvalue weighted by Crippen LogP contribution is -2.49. The smallest absolute Gasteiger partial charge is 0.341 e. The largest absolute Gasteiger partial charge is 0.465 e. The van der Waals surface area contributed by atoms with Crippen LogP contribution in [0.3, 0.4) is 0 Å². The topological polar surface area (TPSA) is 87.7 Å². The molecule has 0 radical (unpaired) electrons. The van der Waals surface area contributed by atoms with Crippen molar-refractivity contribution in [3.05, 3.63) is 88.8 Å². The van der Waals surface area contributed by atoms with Gasteiger partial charge in [-0.05, 0) is 68.5 Å². The van der Waals surface area contributed by atoms with E-state index in [0.717, 1.165) is 53.1 Å². The number of amides is 3. The van der Waals surface area contributed by atoms with Gasteiger partial charge >= 0.3 is 12.0 Å². The molecular formula is C34H35N3O4S3. The van der Waals surface area contributed by atoms with Crippen LogP contribution in [-0.2, 0) is 22.4 Å². The summed E-state index contributed by atoms with van der Waals surface area (Å²) in [5, 5.41) is 6.40. The Labute approximate surface area is 270 Å². The van der Waals surface area contributed by atoms with Crippen molar-refractivity contribution in [1.29, 1.82) is 0 Å². The highest BCUT2D eigenvalue weighted by molar-refractivity contribution is 8.00. The van der Waals surface area contributed by atoms with Gasteiger partial charge in [-0.15, -0.1) is 34.9 Å². The minimum Gasteiger partial charge on any atom is -0.465 e. The minimum atomic E-state index is -0.443. The van der Waals surface area contributed by atoms with Crippen LogP contribution in [0.2, 0.25) is 0 Å². The fraction of sp³-hybridized carbons (Fsp3) is 0.324. The predicted molar refractivity (Wildman–Crippen MR) is 182 cm³/mol. The first-order chi connectivity index (χ1) is 21.4. The number of nitrogens with zero attached hydrogens (tertiary/aromatic N) is 1. The van der Waals surface area contributed by atoms with Crippen molar-refractivity contribution in [1.82, 2.24) is 0 Å². The number of rotatable bonds is 6. The number of aryl methyl sites for hydroxylation is 1. The fourth-order valence-corrected chi connectivity index (χ4v) is 9.32. The molecule has 0 saturated heterocycles. The number of hydrogen-bond acceptors (Lipinski definition) is 7. The Morgan fingerprint density at radius 3 is 2.61 bits per heavy atom. The quantitative estimate of drug-likeness (QED) is 0.207. The van der Waals surface area contributed by atoms with Crippen molar-refractivity contribution in [2.45, 2.75) is 71.8 Å². The Morgan fingerprint density at radius 1 is 0.977 bits per heavy atom. The Morgan fingerprint density at radius 2 is 1.77 bits per heavy atom. The van der Waals surface area contributed by atoms with Gasteiger partial charge in [0.05, 0.1) is 34.9 Å². The zero-order valence-corrected chi connectivity index (χ0v) is 27.2. The van der Waals surface area contributed by atoms with Crippen molar-refractivity contribution in [3.63, 3.8) is 0 Å². The molecule has 3 amide bonds. The molecule has 6 rings (SSSR count). The molecule has 2 N–H and O–H groups in total. The Hall–Kier alpha value is -3.47. The molecule has 1 aromatic heterocycles. The number of nitrogens with one attached hydrogen (secondary N) is 2. The summed E-state index contributed by atoms with van der Waals surface area (Å²) in [6.45, 7) is 1.85. The number of carbonyl (C=O) groups excluding carboxylic acids is 3. The minimum absolute atomic E-state index is 0.0901. The molecule has 10 heteroatoms. The van der Waals surface area contributed by atoms with Crippen molar-refractivity contribution in [3.8, 4) is 0 Å². The van der Waals surface area contributed by atoms with Gasteiger partial charge < -0.3 is 15.4 Å². The van der Waals surface area contributed by atoms with Crippen LogP contribution in [0.4, 0.5) is 21.2 Å². The highest BCUT2D eigenvalue weighted by Crippen LogP contribution is 2.44. The van der Waals surface area contributed by atoms with E-state index in [1.807, 2.05) is 66.4 Å². The number of urea groups is 1. The first-order valence-electron chi connectivity index (χ1n) is 14.9. The van der Waals surface area contributed by atoms with Gasteiger partial charge in [0.15, 0.2) is 0 Å². The highest BCUT2D eigenvalue weighted by atomic mass is 32.2. The Bertz CT molecular complexity index is 1630. The molecule has 3 atom stereocenters. The molecule has 7 nitrogen and oxygen atoms in total. The maximum absolute atomic E-state index is 13.7. The number of fused-ring (bicyclic) bond motifs is 3. The van der Waals surface area contributed by atoms with E-state index in [0.29, 0.717) is 16.3 Å². The fourth-order valence-electron chi connectivity index (χ4n) is 5.85. The lowest BCUT2D eigenvalue weighted by Gasteiger charge is -2.40. The Kier molecular flexibility index (Phi) is 9.49. The number of ether oxygens (including phenoxy) is 1. The number of methoxy groups -OCH3 is 1. The molecule has 0 fully saturated rings. The number of carbonyl (C=O) groups is 3. The molecule has 44 heavy (non-hydrogen) atoms. The second-order valence-electron chi connectivity index (χ2n) is 11.0. The summed E-state index contributed by atoms with van der Waals surface area (Å²) >= 11 is 4.67. The molecule has 3 unspecified atom stereocenters. The lowest BCUT2D eigenvalue weighted by atomic mass is 9.96. The van der Waals surface area contributed by atoms with E-state index in [4.69, 9.17) is 4.74 Å². The third-order valence-electron chi connectivity index (χ3n) is 8.03. The van der Waals surface area contributed by atoms with Crippen LogP contribution in [0.25, 0.3) is 0 Å². The van der Waals surface area contributed by atoms with E-state index in [2.05, 4.69) is 28.9 Å². The Balaban J connectivity index is 1.15. The van der Waals surface area contributed by atoms with Crippen molar-refractivity contribution in [2.75, 3.05) is 22.6 Å². The van der Waals surface area contributed by atoms with Gasteiger partial charge in [-0.2, -0.15) is 0 Å². The summed E-state index contributed by atoms with van der Waals surface area (Å²) < 4.78 is 5.11. The van der Waals surface area contributed by atoms with E-state index in [1.54, 1.807) is 11.8 Å². The number of thioether (sulfide) groups is 2. The molecule has 0 spiro atoms. The molecule has 228 valence electrons.